The van der Waals surface area contributed by atoms with Crippen LogP contribution < -0.4 is 0 Å². The molecule has 0 atom stereocenters. The van der Waals surface area contributed by atoms with Gasteiger partial charge in [-0.1, -0.05) is 53.6 Å². The van der Waals surface area contributed by atoms with E-state index < -0.39 is 0 Å². The first-order valence-corrected chi connectivity index (χ1v) is 6.93. The minimum absolute atomic E-state index is 0.541. The number of halogens is 1. The molecular formula is C17H13ClN2O. The fraction of sp³-hybridized carbons (Fsp3) is 0.0588. The van der Waals surface area contributed by atoms with Crippen molar-refractivity contribution in [3.05, 3.63) is 70.9 Å². The molecule has 0 radical (unpaired) electrons. The number of carbonyl (C=O) groups excluding carboxylic acids is 1. The van der Waals surface area contributed by atoms with Crippen LogP contribution >= 0.6 is 11.6 Å². The predicted octanol–water partition coefficient (Wildman–Crippen LogP) is 4.31. The molecule has 3 nitrogen and oxygen atoms in total. The Kier molecular flexibility index (Phi) is 3.59. The van der Waals surface area contributed by atoms with Crippen molar-refractivity contribution in [3.63, 3.8) is 0 Å². The summed E-state index contributed by atoms with van der Waals surface area (Å²) in [6, 6.07) is 15.3. The topological polar surface area (TPSA) is 34.9 Å². The van der Waals surface area contributed by atoms with Crippen LogP contribution in [0.2, 0.25) is 5.02 Å². The zero-order valence-electron chi connectivity index (χ0n) is 11.5. The second-order valence-corrected chi connectivity index (χ2v) is 5.22. The number of benzene rings is 2. The molecule has 0 aliphatic rings. The highest BCUT2D eigenvalue weighted by atomic mass is 35.5. The van der Waals surface area contributed by atoms with E-state index in [1.807, 2.05) is 49.4 Å². The number of aldehydes is 1. The zero-order valence-corrected chi connectivity index (χ0v) is 12.2. The average molecular weight is 297 g/mol. The zero-order chi connectivity index (χ0) is 14.8. The van der Waals surface area contributed by atoms with Gasteiger partial charge in [0, 0.05) is 11.8 Å². The quantitative estimate of drug-likeness (QED) is 0.675. The van der Waals surface area contributed by atoms with E-state index in [2.05, 4.69) is 5.10 Å². The summed E-state index contributed by atoms with van der Waals surface area (Å²) in [5.74, 6) is 0. The molecular weight excluding hydrogens is 284 g/mol. The number of nitrogens with zero attached hydrogens (tertiary/aromatic N) is 2. The summed E-state index contributed by atoms with van der Waals surface area (Å²) in [7, 11) is 0. The molecule has 3 aromatic rings. The number of carbonyl (C=O) groups is 1. The minimum atomic E-state index is 0.541. The van der Waals surface area contributed by atoms with Gasteiger partial charge in [-0.15, -0.1) is 0 Å². The van der Waals surface area contributed by atoms with Crippen LogP contribution in [0.1, 0.15) is 15.9 Å². The number of hydrogen-bond acceptors (Lipinski definition) is 2. The summed E-state index contributed by atoms with van der Waals surface area (Å²) in [6.07, 6.45) is 2.51. The van der Waals surface area contributed by atoms with Gasteiger partial charge in [0.05, 0.1) is 16.3 Å². The lowest BCUT2D eigenvalue weighted by atomic mass is 10.1. The molecule has 0 aliphatic heterocycles. The van der Waals surface area contributed by atoms with Gasteiger partial charge in [0.2, 0.25) is 0 Å². The molecule has 0 saturated carbocycles. The standard InChI is InChI=1S/C17H13ClN2O/c1-12-6-8-13(9-7-12)17-14(11-21)10-20(19-17)16-5-3-2-4-15(16)18/h2-11H,1H3. The maximum absolute atomic E-state index is 11.3. The van der Waals surface area contributed by atoms with Crippen LogP contribution in [0.15, 0.2) is 54.7 Å². The van der Waals surface area contributed by atoms with Crippen molar-refractivity contribution in [2.45, 2.75) is 6.92 Å². The summed E-state index contributed by atoms with van der Waals surface area (Å²) >= 11 is 6.18. The van der Waals surface area contributed by atoms with Crippen molar-refractivity contribution in [2.24, 2.45) is 0 Å². The van der Waals surface area contributed by atoms with Gasteiger partial charge in [-0.25, -0.2) is 4.68 Å². The largest absolute Gasteiger partial charge is 0.298 e. The molecule has 0 saturated heterocycles. The highest BCUT2D eigenvalue weighted by Crippen LogP contribution is 2.25. The third kappa shape index (κ3) is 2.60. The molecule has 3 rings (SSSR count). The maximum atomic E-state index is 11.3. The Balaban J connectivity index is 2.13. The molecule has 0 bridgehead atoms. The van der Waals surface area contributed by atoms with Crippen LogP contribution in [-0.4, -0.2) is 16.1 Å². The Morgan fingerprint density at radius 2 is 1.81 bits per heavy atom. The molecule has 0 fully saturated rings. The van der Waals surface area contributed by atoms with E-state index in [1.165, 1.54) is 0 Å². The van der Waals surface area contributed by atoms with Gasteiger partial charge in [-0.3, -0.25) is 4.79 Å². The van der Waals surface area contributed by atoms with Gasteiger partial charge in [-0.2, -0.15) is 5.10 Å². The summed E-state index contributed by atoms with van der Waals surface area (Å²) in [4.78, 5) is 11.3. The number of rotatable bonds is 3. The lowest BCUT2D eigenvalue weighted by Crippen LogP contribution is -1.95. The Labute approximate surface area is 127 Å². The van der Waals surface area contributed by atoms with Crippen molar-refractivity contribution in [1.29, 1.82) is 0 Å². The van der Waals surface area contributed by atoms with Gasteiger partial charge in [-0.05, 0) is 19.1 Å². The lowest BCUT2D eigenvalue weighted by Gasteiger charge is -2.03. The second-order valence-electron chi connectivity index (χ2n) is 4.81. The summed E-state index contributed by atoms with van der Waals surface area (Å²) in [6.45, 7) is 2.02. The Hall–Kier alpha value is -2.39. The van der Waals surface area contributed by atoms with Crippen LogP contribution in [0, 0.1) is 6.92 Å². The van der Waals surface area contributed by atoms with Gasteiger partial charge in [0.25, 0.3) is 0 Å². The van der Waals surface area contributed by atoms with E-state index in [0.717, 1.165) is 23.1 Å². The molecule has 1 aromatic heterocycles. The highest BCUT2D eigenvalue weighted by Gasteiger charge is 2.12. The first kappa shape index (κ1) is 13.6. The SMILES string of the molecule is Cc1ccc(-c2nn(-c3ccccc3Cl)cc2C=O)cc1. The van der Waals surface area contributed by atoms with Crippen LogP contribution in [0.3, 0.4) is 0 Å². The number of aromatic nitrogens is 2. The molecule has 104 valence electrons. The van der Waals surface area contributed by atoms with E-state index in [9.17, 15) is 4.79 Å². The molecule has 0 aliphatic carbocycles. The Morgan fingerprint density at radius 3 is 2.48 bits per heavy atom. The molecule has 0 amide bonds. The summed E-state index contributed by atoms with van der Waals surface area (Å²) < 4.78 is 1.64. The normalized spacial score (nSPS) is 10.6. The number of hydrogen-bond donors (Lipinski definition) is 0. The van der Waals surface area contributed by atoms with E-state index >= 15 is 0 Å². The van der Waals surface area contributed by atoms with Crippen LogP contribution in [0.25, 0.3) is 16.9 Å². The lowest BCUT2D eigenvalue weighted by molar-refractivity contribution is 0.112. The Bertz CT molecular complexity index is 791. The third-order valence-corrected chi connectivity index (χ3v) is 3.61. The van der Waals surface area contributed by atoms with Crippen LogP contribution in [-0.2, 0) is 0 Å². The average Bonchev–Trinajstić information content (AvgIpc) is 2.92. The fourth-order valence-electron chi connectivity index (χ4n) is 2.17. The highest BCUT2D eigenvalue weighted by molar-refractivity contribution is 6.32. The van der Waals surface area contributed by atoms with E-state index in [0.29, 0.717) is 16.3 Å². The van der Waals surface area contributed by atoms with Gasteiger partial charge in [0.15, 0.2) is 6.29 Å². The number of para-hydroxylation sites is 1. The molecule has 0 unspecified atom stereocenters. The smallest absolute Gasteiger partial charge is 0.153 e. The molecule has 0 N–H and O–H groups in total. The van der Waals surface area contributed by atoms with E-state index in [1.54, 1.807) is 16.9 Å². The number of aryl methyl sites for hydroxylation is 1. The molecule has 0 spiro atoms. The first-order chi connectivity index (χ1) is 10.2. The fourth-order valence-corrected chi connectivity index (χ4v) is 2.39. The third-order valence-electron chi connectivity index (χ3n) is 3.29. The molecule has 4 heteroatoms. The monoisotopic (exact) mass is 296 g/mol. The second kappa shape index (κ2) is 5.54. The molecule has 1 heterocycles. The van der Waals surface area contributed by atoms with E-state index in [-0.39, 0.29) is 0 Å². The van der Waals surface area contributed by atoms with Crippen molar-refractivity contribution < 1.29 is 4.79 Å². The van der Waals surface area contributed by atoms with Gasteiger partial charge < -0.3 is 0 Å². The van der Waals surface area contributed by atoms with Crippen molar-refractivity contribution in [2.75, 3.05) is 0 Å². The van der Waals surface area contributed by atoms with Gasteiger partial charge in [0.1, 0.15) is 5.69 Å². The molecule has 21 heavy (non-hydrogen) atoms. The molecule has 2 aromatic carbocycles. The van der Waals surface area contributed by atoms with Crippen molar-refractivity contribution in [3.8, 4) is 16.9 Å². The van der Waals surface area contributed by atoms with Gasteiger partial charge >= 0.3 is 0 Å². The summed E-state index contributed by atoms with van der Waals surface area (Å²) in [5.41, 5.74) is 4.02. The minimum Gasteiger partial charge on any atom is -0.298 e. The van der Waals surface area contributed by atoms with Crippen molar-refractivity contribution >= 4 is 17.9 Å². The van der Waals surface area contributed by atoms with Crippen LogP contribution in [0.5, 0.6) is 0 Å². The van der Waals surface area contributed by atoms with Crippen LogP contribution in [0.4, 0.5) is 0 Å². The predicted molar refractivity (Wildman–Crippen MR) is 84.1 cm³/mol. The maximum Gasteiger partial charge on any atom is 0.153 e. The summed E-state index contributed by atoms with van der Waals surface area (Å²) in [5, 5.41) is 5.10. The van der Waals surface area contributed by atoms with E-state index in [4.69, 9.17) is 11.6 Å². The Morgan fingerprint density at radius 1 is 1.10 bits per heavy atom. The first-order valence-electron chi connectivity index (χ1n) is 6.56. The van der Waals surface area contributed by atoms with Crippen molar-refractivity contribution in [1.82, 2.24) is 9.78 Å².